The number of carbonyl (C=O) groups excluding carboxylic acids is 1. The highest BCUT2D eigenvalue weighted by Crippen LogP contribution is 2.46. The summed E-state index contributed by atoms with van der Waals surface area (Å²) in [6.45, 7) is 0.800. The van der Waals surface area contributed by atoms with E-state index in [9.17, 15) is 4.79 Å². The van der Waals surface area contributed by atoms with Crippen molar-refractivity contribution >= 4 is 23.2 Å². The van der Waals surface area contributed by atoms with Gasteiger partial charge in [-0.3, -0.25) is 4.79 Å². The minimum Gasteiger partial charge on any atom is -0.497 e. The van der Waals surface area contributed by atoms with Gasteiger partial charge in [0.2, 0.25) is 0 Å². The van der Waals surface area contributed by atoms with Gasteiger partial charge >= 0.3 is 0 Å². The van der Waals surface area contributed by atoms with Crippen molar-refractivity contribution in [2.24, 2.45) is 0 Å². The summed E-state index contributed by atoms with van der Waals surface area (Å²) in [6.07, 6.45) is 0.725. The average molecular weight is 395 g/mol. The molecule has 144 valence electrons. The zero-order valence-corrected chi connectivity index (χ0v) is 16.8. The maximum Gasteiger partial charge on any atom is 0.191 e. The summed E-state index contributed by atoms with van der Waals surface area (Å²) in [7, 11) is 4.82. The van der Waals surface area contributed by atoms with E-state index in [1.807, 2.05) is 24.3 Å². The van der Waals surface area contributed by atoms with Crippen LogP contribution in [-0.4, -0.2) is 38.6 Å². The first-order valence-corrected chi connectivity index (χ1v) is 9.83. The summed E-state index contributed by atoms with van der Waals surface area (Å²) in [4.78, 5) is 15.4. The van der Waals surface area contributed by atoms with Crippen LogP contribution in [0.3, 0.4) is 0 Å². The van der Waals surface area contributed by atoms with Crippen molar-refractivity contribution in [3.63, 3.8) is 0 Å². The SMILES string of the molecule is COc1ccc(C2=CSC3=C(C(=O)c4ccc(OC)c(OC)c4)CCN23)cc1. The number of Topliss-reactive ketones (excluding diaryl/α,β-unsaturated/α-hetero) is 1. The molecule has 2 aliphatic heterocycles. The van der Waals surface area contributed by atoms with E-state index in [0.29, 0.717) is 17.1 Å². The Bertz CT molecular complexity index is 979. The number of hydrogen-bond acceptors (Lipinski definition) is 6. The fraction of sp³-hybridized carbons (Fsp3) is 0.227. The Labute approximate surface area is 168 Å². The van der Waals surface area contributed by atoms with Crippen LogP contribution in [-0.2, 0) is 0 Å². The minimum absolute atomic E-state index is 0.0373. The second-order valence-corrected chi connectivity index (χ2v) is 7.29. The van der Waals surface area contributed by atoms with E-state index >= 15 is 0 Å². The van der Waals surface area contributed by atoms with Gasteiger partial charge in [-0.25, -0.2) is 0 Å². The molecule has 28 heavy (non-hydrogen) atoms. The molecule has 0 fully saturated rings. The van der Waals surface area contributed by atoms with E-state index in [0.717, 1.165) is 40.6 Å². The number of ether oxygens (including phenoxy) is 3. The first-order valence-electron chi connectivity index (χ1n) is 8.95. The average Bonchev–Trinajstić information content (AvgIpc) is 3.35. The monoisotopic (exact) mass is 395 g/mol. The van der Waals surface area contributed by atoms with Crippen molar-refractivity contribution in [2.45, 2.75) is 6.42 Å². The molecule has 0 amide bonds. The van der Waals surface area contributed by atoms with Gasteiger partial charge < -0.3 is 19.1 Å². The standard InChI is InChI=1S/C22H21NO4S/c1-25-16-7-4-14(5-8-16)18-13-28-22-17(10-11-23(18)22)21(24)15-6-9-19(26-2)20(12-15)27-3/h4-9,12-13H,10-11H2,1-3H3. The molecule has 0 saturated carbocycles. The third-order valence-corrected chi connectivity index (χ3v) is 6.00. The van der Waals surface area contributed by atoms with Crippen molar-refractivity contribution in [2.75, 3.05) is 27.9 Å². The number of nitrogens with zero attached hydrogens (tertiary/aromatic N) is 1. The molecule has 5 nitrogen and oxygen atoms in total. The number of carbonyl (C=O) groups is 1. The second-order valence-electron chi connectivity index (χ2n) is 6.43. The molecule has 0 aromatic heterocycles. The van der Waals surface area contributed by atoms with Gasteiger partial charge in [0.1, 0.15) is 5.75 Å². The summed E-state index contributed by atoms with van der Waals surface area (Å²) in [5.74, 6) is 2.04. The Kier molecular flexibility index (Phi) is 5.05. The Hall–Kier alpha value is -2.86. The molecular weight excluding hydrogens is 374 g/mol. The van der Waals surface area contributed by atoms with Gasteiger partial charge in [-0.2, -0.15) is 0 Å². The van der Waals surface area contributed by atoms with E-state index in [-0.39, 0.29) is 5.78 Å². The van der Waals surface area contributed by atoms with Crippen molar-refractivity contribution in [3.8, 4) is 17.2 Å². The summed E-state index contributed by atoms with van der Waals surface area (Å²) in [5.41, 5.74) is 3.69. The number of methoxy groups -OCH3 is 3. The minimum atomic E-state index is 0.0373. The Morgan fingerprint density at radius 2 is 1.71 bits per heavy atom. The largest absolute Gasteiger partial charge is 0.497 e. The summed E-state index contributed by atoms with van der Waals surface area (Å²) in [6, 6.07) is 13.3. The molecule has 2 aromatic rings. The molecule has 0 atom stereocenters. The Morgan fingerprint density at radius 1 is 0.964 bits per heavy atom. The molecule has 0 bridgehead atoms. The predicted octanol–water partition coefficient (Wildman–Crippen LogP) is 4.56. The molecule has 2 aromatic carbocycles. The van der Waals surface area contributed by atoms with E-state index in [1.54, 1.807) is 51.3 Å². The van der Waals surface area contributed by atoms with Gasteiger partial charge in [0.25, 0.3) is 0 Å². The molecule has 0 spiro atoms. The summed E-state index contributed by atoms with van der Waals surface area (Å²) >= 11 is 1.61. The molecule has 6 heteroatoms. The fourth-order valence-electron chi connectivity index (χ4n) is 3.48. The normalized spacial score (nSPS) is 15.4. The highest BCUT2D eigenvalue weighted by molar-refractivity contribution is 8.06. The van der Waals surface area contributed by atoms with Crippen LogP contribution in [0.5, 0.6) is 17.2 Å². The molecule has 0 N–H and O–H groups in total. The van der Waals surface area contributed by atoms with Crippen LogP contribution in [0.25, 0.3) is 5.70 Å². The van der Waals surface area contributed by atoms with E-state index in [4.69, 9.17) is 14.2 Å². The molecule has 0 radical (unpaired) electrons. The van der Waals surface area contributed by atoms with Crippen LogP contribution in [0.1, 0.15) is 22.3 Å². The highest BCUT2D eigenvalue weighted by atomic mass is 32.2. The fourth-order valence-corrected chi connectivity index (χ4v) is 4.62. The van der Waals surface area contributed by atoms with Gasteiger partial charge in [0, 0.05) is 23.1 Å². The van der Waals surface area contributed by atoms with E-state index < -0.39 is 0 Å². The molecule has 0 aliphatic carbocycles. The predicted molar refractivity (Wildman–Crippen MR) is 111 cm³/mol. The molecular formula is C22H21NO4S. The Balaban J connectivity index is 1.60. The topological polar surface area (TPSA) is 48.0 Å². The second kappa shape index (κ2) is 7.64. The lowest BCUT2D eigenvalue weighted by Crippen LogP contribution is -2.12. The number of ketones is 1. The van der Waals surface area contributed by atoms with Gasteiger partial charge in [-0.1, -0.05) is 11.8 Å². The first kappa shape index (κ1) is 18.5. The van der Waals surface area contributed by atoms with Crippen LogP contribution in [0, 0.1) is 0 Å². The van der Waals surface area contributed by atoms with Crippen LogP contribution in [0.4, 0.5) is 0 Å². The molecule has 2 aliphatic rings. The zero-order valence-electron chi connectivity index (χ0n) is 16.0. The number of thioether (sulfide) groups is 1. The Morgan fingerprint density at radius 3 is 2.39 bits per heavy atom. The maximum atomic E-state index is 13.2. The van der Waals surface area contributed by atoms with Gasteiger partial charge in [-0.15, -0.1) is 0 Å². The van der Waals surface area contributed by atoms with E-state index in [2.05, 4.69) is 10.3 Å². The molecule has 2 heterocycles. The van der Waals surface area contributed by atoms with Gasteiger partial charge in [0.05, 0.1) is 32.1 Å². The smallest absolute Gasteiger partial charge is 0.191 e. The third kappa shape index (κ3) is 3.14. The van der Waals surface area contributed by atoms with Gasteiger partial charge in [-0.05, 0) is 54.4 Å². The zero-order chi connectivity index (χ0) is 19.7. The molecule has 0 unspecified atom stereocenters. The van der Waals surface area contributed by atoms with Gasteiger partial charge in [0.15, 0.2) is 17.3 Å². The van der Waals surface area contributed by atoms with Crippen LogP contribution >= 0.6 is 11.8 Å². The van der Waals surface area contributed by atoms with Crippen LogP contribution in [0.15, 0.2) is 58.5 Å². The highest BCUT2D eigenvalue weighted by Gasteiger charge is 2.33. The van der Waals surface area contributed by atoms with Crippen molar-refractivity contribution in [1.29, 1.82) is 0 Å². The molecule has 4 rings (SSSR count). The summed E-state index contributed by atoms with van der Waals surface area (Å²) < 4.78 is 15.8. The number of benzene rings is 2. The number of hydrogen-bond donors (Lipinski definition) is 0. The number of rotatable bonds is 6. The van der Waals surface area contributed by atoms with Crippen molar-refractivity contribution < 1.29 is 19.0 Å². The van der Waals surface area contributed by atoms with E-state index in [1.165, 1.54) is 0 Å². The first-order chi connectivity index (χ1) is 13.7. The maximum absolute atomic E-state index is 13.2. The molecule has 0 saturated heterocycles. The van der Waals surface area contributed by atoms with Crippen molar-refractivity contribution in [1.82, 2.24) is 4.90 Å². The lowest BCUT2D eigenvalue weighted by atomic mass is 10.0. The quantitative estimate of drug-likeness (QED) is 0.669. The van der Waals surface area contributed by atoms with Crippen molar-refractivity contribution in [3.05, 3.63) is 69.6 Å². The van der Waals surface area contributed by atoms with Crippen LogP contribution < -0.4 is 14.2 Å². The van der Waals surface area contributed by atoms with Crippen LogP contribution in [0.2, 0.25) is 0 Å². The lowest BCUT2D eigenvalue weighted by molar-refractivity contribution is 0.103. The summed E-state index contributed by atoms with van der Waals surface area (Å²) in [5, 5.41) is 3.13. The number of fused-ring (bicyclic) bond motifs is 1. The third-order valence-electron chi connectivity index (χ3n) is 4.97. The lowest BCUT2D eigenvalue weighted by Gasteiger charge is -2.18.